The molecule has 116 valence electrons. The van der Waals surface area contributed by atoms with E-state index in [1.807, 2.05) is 12.1 Å². The van der Waals surface area contributed by atoms with Crippen molar-refractivity contribution in [1.82, 2.24) is 5.32 Å². The van der Waals surface area contributed by atoms with Gasteiger partial charge in [-0.3, -0.25) is 9.59 Å². The summed E-state index contributed by atoms with van der Waals surface area (Å²) in [5.74, 6) is -0.0807. The zero-order chi connectivity index (χ0) is 15.8. The number of nitrogens with one attached hydrogen (secondary N) is 1. The monoisotopic (exact) mass is 349 g/mol. The number of rotatable bonds is 8. The first-order valence-electron chi connectivity index (χ1n) is 6.46. The summed E-state index contributed by atoms with van der Waals surface area (Å²) in [6.07, 6.45) is 1.07. The van der Waals surface area contributed by atoms with Gasteiger partial charge in [0.15, 0.2) is 10.6 Å². The van der Waals surface area contributed by atoms with Gasteiger partial charge in [-0.15, -0.1) is 11.8 Å². The summed E-state index contributed by atoms with van der Waals surface area (Å²) >= 11 is 12.5. The molecule has 0 fully saturated rings. The van der Waals surface area contributed by atoms with Crippen molar-refractivity contribution in [2.75, 3.05) is 12.4 Å². The molecule has 0 heterocycles. The minimum atomic E-state index is -1.28. The summed E-state index contributed by atoms with van der Waals surface area (Å²) in [6.45, 7) is 1.58. The molecule has 0 radical (unpaired) electrons. The number of hydrogen-bond acceptors (Lipinski definition) is 4. The Morgan fingerprint density at radius 2 is 1.90 bits per heavy atom. The highest BCUT2D eigenvalue weighted by Crippen LogP contribution is 2.19. The van der Waals surface area contributed by atoms with Crippen molar-refractivity contribution in [1.29, 1.82) is 0 Å². The molecule has 7 heteroatoms. The molecule has 0 saturated heterocycles. The Hall–Kier alpha value is -0.750. The molecule has 1 rings (SSSR count). The quantitative estimate of drug-likeness (QED) is 0.430. The van der Waals surface area contributed by atoms with E-state index in [9.17, 15) is 14.7 Å². The number of benzene rings is 1. The van der Waals surface area contributed by atoms with Crippen LogP contribution in [-0.4, -0.2) is 40.0 Å². The van der Waals surface area contributed by atoms with Gasteiger partial charge in [-0.1, -0.05) is 42.3 Å². The number of carbonyl (C=O) groups excluding carboxylic acids is 2. The van der Waals surface area contributed by atoms with Gasteiger partial charge in [-0.05, 0) is 24.3 Å². The molecule has 1 aromatic rings. The van der Waals surface area contributed by atoms with Crippen LogP contribution in [0.2, 0.25) is 0 Å². The van der Waals surface area contributed by atoms with Crippen molar-refractivity contribution in [2.45, 2.75) is 29.1 Å². The zero-order valence-electron chi connectivity index (χ0n) is 11.5. The predicted molar refractivity (Wildman–Crippen MR) is 86.3 cm³/mol. The highest BCUT2D eigenvalue weighted by Gasteiger charge is 2.23. The van der Waals surface area contributed by atoms with Crippen molar-refractivity contribution in [3.05, 3.63) is 29.8 Å². The minimum absolute atomic E-state index is 0.383. The molecule has 2 N–H and O–H groups in total. The average molecular weight is 350 g/mol. The van der Waals surface area contributed by atoms with E-state index in [4.69, 9.17) is 23.2 Å². The Labute approximate surface area is 138 Å². The van der Waals surface area contributed by atoms with Crippen LogP contribution in [0.3, 0.4) is 0 Å². The number of aliphatic hydroxyl groups excluding tert-OH is 1. The third kappa shape index (κ3) is 5.87. The maximum absolute atomic E-state index is 12.2. The number of aliphatic hydroxyl groups is 1. The summed E-state index contributed by atoms with van der Waals surface area (Å²) in [7, 11) is 0. The Morgan fingerprint density at radius 3 is 2.38 bits per heavy atom. The van der Waals surface area contributed by atoms with Crippen LogP contribution < -0.4 is 5.32 Å². The lowest BCUT2D eigenvalue weighted by molar-refractivity contribution is -0.120. The highest BCUT2D eigenvalue weighted by molar-refractivity contribution is 7.99. The molecule has 0 aliphatic heterocycles. The fourth-order valence-corrected chi connectivity index (χ4v) is 2.46. The predicted octanol–water partition coefficient (Wildman–Crippen LogP) is 2.65. The van der Waals surface area contributed by atoms with Gasteiger partial charge in [-0.2, -0.15) is 0 Å². The van der Waals surface area contributed by atoms with Crippen molar-refractivity contribution in [3.8, 4) is 0 Å². The van der Waals surface area contributed by atoms with Gasteiger partial charge in [-0.25, -0.2) is 0 Å². The maximum atomic E-state index is 12.2. The van der Waals surface area contributed by atoms with Crippen LogP contribution in [0, 0.1) is 0 Å². The van der Waals surface area contributed by atoms with Crippen LogP contribution >= 0.6 is 35.0 Å². The number of Topliss-reactive ketones (excluding diaryl/α,β-unsaturated/α-hetero) is 1. The van der Waals surface area contributed by atoms with Gasteiger partial charge in [0.2, 0.25) is 0 Å². The Kier molecular flexibility index (Phi) is 8.11. The second-order valence-electron chi connectivity index (χ2n) is 4.28. The first-order valence-corrected chi connectivity index (χ1v) is 8.31. The third-order valence-electron chi connectivity index (χ3n) is 2.63. The molecule has 0 aliphatic carbocycles. The molecule has 1 unspecified atom stereocenters. The van der Waals surface area contributed by atoms with Gasteiger partial charge in [0, 0.05) is 10.5 Å². The Morgan fingerprint density at radius 1 is 1.29 bits per heavy atom. The summed E-state index contributed by atoms with van der Waals surface area (Å²) in [6, 6.07) is 5.99. The van der Waals surface area contributed by atoms with E-state index in [0.29, 0.717) is 5.56 Å². The average Bonchev–Trinajstić information content (AvgIpc) is 2.50. The molecule has 0 bridgehead atoms. The molecule has 0 aromatic heterocycles. The van der Waals surface area contributed by atoms with E-state index >= 15 is 0 Å². The molecule has 4 nitrogen and oxygen atoms in total. The van der Waals surface area contributed by atoms with E-state index in [2.05, 4.69) is 12.2 Å². The number of alkyl halides is 2. The second-order valence-corrected chi connectivity index (χ2v) is 6.55. The van der Waals surface area contributed by atoms with Crippen molar-refractivity contribution < 1.29 is 14.7 Å². The van der Waals surface area contributed by atoms with Crippen LogP contribution in [0.4, 0.5) is 0 Å². The van der Waals surface area contributed by atoms with Gasteiger partial charge in [0.05, 0.1) is 6.61 Å². The van der Waals surface area contributed by atoms with Crippen molar-refractivity contribution in [3.63, 3.8) is 0 Å². The van der Waals surface area contributed by atoms with Crippen LogP contribution in [-0.2, 0) is 4.79 Å². The summed E-state index contributed by atoms with van der Waals surface area (Å²) < 4.78 is 0. The molecule has 1 atom stereocenters. The molecule has 0 saturated carbocycles. The molecule has 21 heavy (non-hydrogen) atoms. The van der Waals surface area contributed by atoms with E-state index in [-0.39, 0.29) is 5.78 Å². The largest absolute Gasteiger partial charge is 0.394 e. The van der Waals surface area contributed by atoms with E-state index in [0.717, 1.165) is 17.1 Å². The Balaban J connectivity index is 2.73. The number of hydrogen-bond donors (Lipinski definition) is 2. The molecule has 1 aromatic carbocycles. The van der Waals surface area contributed by atoms with Crippen molar-refractivity contribution in [2.24, 2.45) is 0 Å². The smallest absolute Gasteiger partial charge is 0.253 e. The van der Waals surface area contributed by atoms with E-state index in [1.165, 1.54) is 0 Å². The van der Waals surface area contributed by atoms with E-state index < -0.39 is 23.4 Å². The normalized spacial score (nSPS) is 12.2. The van der Waals surface area contributed by atoms with Crippen LogP contribution in [0.25, 0.3) is 0 Å². The standard InChI is InChI=1S/C14H17Cl2NO3S/c1-2-7-21-10-5-3-9(4-6-10)12(19)11(8-18)17-14(20)13(15)16/h3-6,11,13,18H,2,7-8H2,1H3,(H,17,20). The maximum Gasteiger partial charge on any atom is 0.253 e. The molecular weight excluding hydrogens is 333 g/mol. The molecule has 0 spiro atoms. The van der Waals surface area contributed by atoms with Gasteiger partial charge < -0.3 is 10.4 Å². The first-order chi connectivity index (χ1) is 9.99. The summed E-state index contributed by atoms with van der Waals surface area (Å²) in [4.78, 5) is 23.4. The molecule has 0 aliphatic rings. The number of thioether (sulfide) groups is 1. The van der Waals surface area contributed by atoms with Gasteiger partial charge in [0.1, 0.15) is 6.04 Å². The first kappa shape index (κ1) is 18.3. The minimum Gasteiger partial charge on any atom is -0.394 e. The third-order valence-corrected chi connectivity index (χ3v) is 4.24. The summed E-state index contributed by atoms with van der Waals surface area (Å²) in [5, 5.41) is 11.5. The lowest BCUT2D eigenvalue weighted by Crippen LogP contribution is -2.45. The molecule has 1 amide bonds. The van der Waals surface area contributed by atoms with Crippen LogP contribution in [0.1, 0.15) is 23.7 Å². The topological polar surface area (TPSA) is 66.4 Å². The summed E-state index contributed by atoms with van der Waals surface area (Å²) in [5.41, 5.74) is 0.413. The number of amides is 1. The Bertz CT molecular complexity index is 480. The van der Waals surface area contributed by atoms with Crippen molar-refractivity contribution >= 4 is 46.7 Å². The SMILES string of the molecule is CCCSc1ccc(C(=O)C(CO)NC(=O)C(Cl)Cl)cc1. The lowest BCUT2D eigenvalue weighted by atomic mass is 10.0. The van der Waals surface area contributed by atoms with Gasteiger partial charge in [0.25, 0.3) is 5.91 Å². The van der Waals surface area contributed by atoms with E-state index in [1.54, 1.807) is 23.9 Å². The fourth-order valence-electron chi connectivity index (χ4n) is 1.57. The number of ketones is 1. The molecular formula is C14H17Cl2NO3S. The lowest BCUT2D eigenvalue weighted by Gasteiger charge is -2.15. The zero-order valence-corrected chi connectivity index (χ0v) is 13.8. The van der Waals surface area contributed by atoms with Gasteiger partial charge >= 0.3 is 0 Å². The van der Waals surface area contributed by atoms with Crippen LogP contribution in [0.5, 0.6) is 0 Å². The number of halogens is 2. The number of carbonyl (C=O) groups is 2. The van der Waals surface area contributed by atoms with Crippen LogP contribution in [0.15, 0.2) is 29.2 Å². The fraction of sp³-hybridized carbons (Fsp3) is 0.429. The highest BCUT2D eigenvalue weighted by atomic mass is 35.5. The second kappa shape index (κ2) is 9.30.